The van der Waals surface area contributed by atoms with Gasteiger partial charge in [-0.1, -0.05) is 6.07 Å². The molecule has 3 N–H and O–H groups in total. The highest BCUT2D eigenvalue weighted by Gasteiger charge is 2.10. The fraction of sp³-hybridized carbons (Fsp3) is 0.400. The molecule has 1 unspecified atom stereocenters. The van der Waals surface area contributed by atoms with Gasteiger partial charge in [0.1, 0.15) is 6.04 Å². The number of rotatable bonds is 5. The maximum absolute atomic E-state index is 10.4. The van der Waals surface area contributed by atoms with Gasteiger partial charge in [-0.15, -0.1) is 0 Å². The van der Waals surface area contributed by atoms with E-state index in [1.54, 1.807) is 0 Å². The van der Waals surface area contributed by atoms with Crippen LogP contribution in [-0.2, 0) is 10.5 Å². The summed E-state index contributed by atoms with van der Waals surface area (Å²) in [6, 6.07) is 5.00. The zero-order valence-electron chi connectivity index (χ0n) is 8.51. The Morgan fingerprint density at radius 1 is 1.67 bits per heavy atom. The number of pyridine rings is 1. The predicted octanol–water partition coefficient (Wildman–Crippen LogP) is 1.04. The number of aryl methyl sites for hydroxylation is 1. The molecule has 1 aromatic rings. The average Bonchev–Trinajstić information content (AvgIpc) is 2.17. The van der Waals surface area contributed by atoms with Crippen molar-refractivity contribution < 1.29 is 9.90 Å². The first-order valence-electron chi connectivity index (χ1n) is 4.58. The van der Waals surface area contributed by atoms with Crippen LogP contribution in [0.5, 0.6) is 0 Å². The third-order valence-electron chi connectivity index (χ3n) is 1.81. The molecule has 1 atom stereocenters. The smallest absolute Gasteiger partial charge is 0.321 e. The number of nitrogens with zero attached hydrogens (tertiary/aromatic N) is 1. The zero-order valence-corrected chi connectivity index (χ0v) is 9.33. The summed E-state index contributed by atoms with van der Waals surface area (Å²) in [6.07, 6.45) is 0. The second-order valence-electron chi connectivity index (χ2n) is 3.23. The summed E-state index contributed by atoms with van der Waals surface area (Å²) in [5, 5.41) is 8.57. The number of thioether (sulfide) groups is 1. The molecule has 0 bridgehead atoms. The van der Waals surface area contributed by atoms with Gasteiger partial charge in [-0.25, -0.2) is 0 Å². The Hall–Kier alpha value is -1.07. The number of aliphatic carboxylic acids is 1. The molecular weight excluding hydrogens is 212 g/mol. The minimum absolute atomic E-state index is 0.408. The van der Waals surface area contributed by atoms with Gasteiger partial charge in [-0.3, -0.25) is 9.78 Å². The fourth-order valence-electron chi connectivity index (χ4n) is 1.04. The lowest BCUT2D eigenvalue weighted by Gasteiger charge is -2.05. The van der Waals surface area contributed by atoms with Crippen molar-refractivity contribution in [3.63, 3.8) is 0 Å². The van der Waals surface area contributed by atoms with Gasteiger partial charge in [0.15, 0.2) is 0 Å². The number of carboxylic acids is 1. The molecule has 0 fully saturated rings. The van der Waals surface area contributed by atoms with Crippen LogP contribution < -0.4 is 5.73 Å². The monoisotopic (exact) mass is 226 g/mol. The first kappa shape index (κ1) is 12.0. The molecule has 0 aliphatic heterocycles. The van der Waals surface area contributed by atoms with Crippen molar-refractivity contribution in [1.29, 1.82) is 0 Å². The van der Waals surface area contributed by atoms with E-state index in [2.05, 4.69) is 4.98 Å². The van der Waals surface area contributed by atoms with Gasteiger partial charge < -0.3 is 10.8 Å². The summed E-state index contributed by atoms with van der Waals surface area (Å²) < 4.78 is 0. The number of carboxylic acid groups (broad SMARTS) is 1. The molecule has 0 saturated heterocycles. The summed E-state index contributed by atoms with van der Waals surface area (Å²) in [4.78, 5) is 14.7. The van der Waals surface area contributed by atoms with E-state index >= 15 is 0 Å². The number of aromatic nitrogens is 1. The molecule has 15 heavy (non-hydrogen) atoms. The van der Waals surface area contributed by atoms with Crippen LogP contribution in [0.3, 0.4) is 0 Å². The van der Waals surface area contributed by atoms with E-state index < -0.39 is 12.0 Å². The van der Waals surface area contributed by atoms with Crippen molar-refractivity contribution in [3.8, 4) is 0 Å². The first-order chi connectivity index (χ1) is 7.09. The topological polar surface area (TPSA) is 76.2 Å². The molecule has 0 saturated carbocycles. The molecular formula is C10H14N2O2S. The normalized spacial score (nSPS) is 12.4. The summed E-state index contributed by atoms with van der Waals surface area (Å²) in [6.45, 7) is 1.93. The second-order valence-corrected chi connectivity index (χ2v) is 4.26. The lowest BCUT2D eigenvalue weighted by molar-refractivity contribution is -0.137. The number of hydrogen-bond acceptors (Lipinski definition) is 4. The van der Waals surface area contributed by atoms with E-state index in [-0.39, 0.29) is 0 Å². The Kier molecular flexibility index (Phi) is 4.58. The minimum Gasteiger partial charge on any atom is -0.480 e. The molecule has 0 aromatic carbocycles. The van der Waals surface area contributed by atoms with Crippen LogP contribution in [0.4, 0.5) is 0 Å². The number of hydrogen-bond donors (Lipinski definition) is 2. The van der Waals surface area contributed by atoms with Crippen LogP contribution in [-0.4, -0.2) is 27.9 Å². The maximum Gasteiger partial charge on any atom is 0.321 e. The maximum atomic E-state index is 10.4. The van der Waals surface area contributed by atoms with Crippen LogP contribution in [0, 0.1) is 6.92 Å². The first-order valence-corrected chi connectivity index (χ1v) is 5.73. The van der Waals surface area contributed by atoms with Crippen LogP contribution >= 0.6 is 11.8 Å². The molecule has 0 aliphatic carbocycles. The van der Waals surface area contributed by atoms with Crippen LogP contribution in [0.2, 0.25) is 0 Å². The summed E-state index contributed by atoms with van der Waals surface area (Å²) >= 11 is 1.48. The zero-order chi connectivity index (χ0) is 11.3. The van der Waals surface area contributed by atoms with Crippen molar-refractivity contribution in [2.24, 2.45) is 5.73 Å². The third kappa shape index (κ3) is 4.31. The lowest BCUT2D eigenvalue weighted by Crippen LogP contribution is -2.32. The minimum atomic E-state index is -0.959. The van der Waals surface area contributed by atoms with Gasteiger partial charge >= 0.3 is 5.97 Å². The summed E-state index contributed by atoms with van der Waals surface area (Å²) in [5.74, 6) is 0.146. The molecule has 82 valence electrons. The van der Waals surface area contributed by atoms with E-state index in [1.807, 2.05) is 25.1 Å². The van der Waals surface area contributed by atoms with Crippen molar-refractivity contribution in [2.75, 3.05) is 5.75 Å². The number of nitrogens with two attached hydrogens (primary N) is 1. The molecule has 0 spiro atoms. The van der Waals surface area contributed by atoms with Crippen molar-refractivity contribution in [3.05, 3.63) is 29.6 Å². The van der Waals surface area contributed by atoms with Gasteiger partial charge in [0.2, 0.25) is 0 Å². The predicted molar refractivity (Wildman–Crippen MR) is 60.7 cm³/mol. The second kappa shape index (κ2) is 5.72. The molecule has 0 amide bonds. The lowest BCUT2D eigenvalue weighted by atomic mass is 10.3. The third-order valence-corrected chi connectivity index (χ3v) is 2.91. The van der Waals surface area contributed by atoms with E-state index in [0.717, 1.165) is 11.4 Å². The van der Waals surface area contributed by atoms with E-state index in [9.17, 15) is 4.79 Å². The van der Waals surface area contributed by atoms with Crippen molar-refractivity contribution in [2.45, 2.75) is 18.7 Å². The quantitative estimate of drug-likeness (QED) is 0.784. The average molecular weight is 226 g/mol. The molecule has 0 radical (unpaired) electrons. The number of carbonyl (C=O) groups is 1. The van der Waals surface area contributed by atoms with Gasteiger partial charge in [0.25, 0.3) is 0 Å². The van der Waals surface area contributed by atoms with Crippen molar-refractivity contribution in [1.82, 2.24) is 4.98 Å². The van der Waals surface area contributed by atoms with Crippen LogP contribution in [0.1, 0.15) is 11.4 Å². The highest BCUT2D eigenvalue weighted by atomic mass is 32.2. The Morgan fingerprint density at radius 3 is 3.00 bits per heavy atom. The summed E-state index contributed by atoms with van der Waals surface area (Å²) in [5.41, 5.74) is 7.29. The van der Waals surface area contributed by atoms with Crippen molar-refractivity contribution >= 4 is 17.7 Å². The highest BCUT2D eigenvalue weighted by Crippen LogP contribution is 2.11. The van der Waals surface area contributed by atoms with Gasteiger partial charge in [-0.2, -0.15) is 11.8 Å². The van der Waals surface area contributed by atoms with Gasteiger partial charge in [0, 0.05) is 17.2 Å². The van der Waals surface area contributed by atoms with E-state index in [1.165, 1.54) is 11.8 Å². The molecule has 1 aromatic heterocycles. The Morgan fingerprint density at radius 2 is 2.40 bits per heavy atom. The fourth-order valence-corrected chi connectivity index (χ4v) is 1.93. The highest BCUT2D eigenvalue weighted by molar-refractivity contribution is 7.98. The largest absolute Gasteiger partial charge is 0.480 e. The summed E-state index contributed by atoms with van der Waals surface area (Å²) in [7, 11) is 0. The van der Waals surface area contributed by atoms with Gasteiger partial charge in [0.05, 0.1) is 5.69 Å². The van der Waals surface area contributed by atoms with E-state index in [0.29, 0.717) is 11.5 Å². The van der Waals surface area contributed by atoms with Crippen LogP contribution in [0.25, 0.3) is 0 Å². The van der Waals surface area contributed by atoms with E-state index in [4.69, 9.17) is 10.8 Å². The van der Waals surface area contributed by atoms with Crippen LogP contribution in [0.15, 0.2) is 18.2 Å². The molecule has 1 heterocycles. The Balaban J connectivity index is 2.35. The Labute approximate surface area is 92.9 Å². The molecule has 5 heteroatoms. The van der Waals surface area contributed by atoms with Gasteiger partial charge in [-0.05, 0) is 19.1 Å². The Bertz CT molecular complexity index is 344. The molecule has 0 aliphatic rings. The molecule has 4 nitrogen and oxygen atoms in total. The standard InChI is InChI=1S/C10H14N2O2S/c1-7-3-2-4-8(12-7)5-15-6-9(11)10(13)14/h2-4,9H,5-6,11H2,1H3,(H,13,14). The SMILES string of the molecule is Cc1cccc(CSCC(N)C(=O)O)n1. The molecule has 1 rings (SSSR count).